The maximum Gasteiger partial charge on any atom is 0.339 e. The number of rotatable bonds is 4. The summed E-state index contributed by atoms with van der Waals surface area (Å²) in [6.07, 6.45) is 2.65. The van der Waals surface area contributed by atoms with Gasteiger partial charge in [0.1, 0.15) is 11.3 Å². The predicted octanol–water partition coefficient (Wildman–Crippen LogP) is 0.0341. The molecule has 0 radical (unpaired) electrons. The Labute approximate surface area is 86.2 Å². The molecule has 0 aromatic carbocycles. The smallest absolute Gasteiger partial charge is 0.339 e. The first-order valence-corrected chi connectivity index (χ1v) is 4.22. The molecule has 80 valence electrons. The summed E-state index contributed by atoms with van der Waals surface area (Å²) >= 11 is 0. The van der Waals surface area contributed by atoms with Gasteiger partial charge in [-0.25, -0.2) is 4.79 Å². The third kappa shape index (κ3) is 2.22. The van der Waals surface area contributed by atoms with Crippen LogP contribution in [0.25, 0.3) is 0 Å². The zero-order chi connectivity index (χ0) is 11.4. The zero-order valence-corrected chi connectivity index (χ0v) is 8.23. The van der Waals surface area contributed by atoms with Crippen molar-refractivity contribution >= 4 is 11.9 Å². The lowest BCUT2D eigenvalue weighted by molar-refractivity contribution is 0.0690. The predicted molar refractivity (Wildman–Crippen MR) is 52.7 cm³/mol. The molecule has 0 atom stereocenters. The number of carbonyl (C=O) groups is 2. The molecular weight excluding hydrogens is 198 g/mol. The number of nitrogens with one attached hydrogen (secondary N) is 1. The Morgan fingerprint density at radius 1 is 1.73 bits per heavy atom. The van der Waals surface area contributed by atoms with Gasteiger partial charge in [-0.1, -0.05) is 6.08 Å². The number of carboxylic acid groups (broad SMARTS) is 1. The topological polar surface area (TPSA) is 84.2 Å². The molecule has 0 aliphatic heterocycles. The van der Waals surface area contributed by atoms with E-state index >= 15 is 0 Å². The van der Waals surface area contributed by atoms with E-state index < -0.39 is 11.9 Å². The van der Waals surface area contributed by atoms with Crippen LogP contribution in [0, 0.1) is 0 Å². The first-order valence-electron chi connectivity index (χ1n) is 4.22. The lowest BCUT2D eigenvalue weighted by Gasteiger charge is -2.03. The molecule has 0 unspecified atom stereocenters. The van der Waals surface area contributed by atoms with Crippen LogP contribution >= 0.6 is 0 Å². The van der Waals surface area contributed by atoms with E-state index in [2.05, 4.69) is 17.0 Å². The van der Waals surface area contributed by atoms with Crippen molar-refractivity contribution in [2.45, 2.75) is 0 Å². The minimum absolute atomic E-state index is 0.0318. The second-order valence-electron chi connectivity index (χ2n) is 2.83. The van der Waals surface area contributed by atoms with Crippen LogP contribution in [0.1, 0.15) is 20.8 Å². The van der Waals surface area contributed by atoms with E-state index in [0.717, 1.165) is 6.20 Å². The fourth-order valence-corrected chi connectivity index (χ4v) is 1.11. The average Bonchev–Trinajstić information content (AvgIpc) is 2.56. The molecule has 1 aromatic rings. The summed E-state index contributed by atoms with van der Waals surface area (Å²) in [5.41, 5.74) is -0.0802. The second-order valence-corrected chi connectivity index (χ2v) is 2.83. The van der Waals surface area contributed by atoms with Gasteiger partial charge >= 0.3 is 5.97 Å². The van der Waals surface area contributed by atoms with Crippen molar-refractivity contribution in [2.24, 2.45) is 7.05 Å². The number of aryl methyl sites for hydroxylation is 1. The summed E-state index contributed by atoms with van der Waals surface area (Å²) in [6.45, 7) is 3.72. The molecule has 1 amide bonds. The molecule has 1 rings (SSSR count). The molecule has 6 nitrogen and oxygen atoms in total. The summed E-state index contributed by atoms with van der Waals surface area (Å²) in [4.78, 5) is 22.3. The maximum atomic E-state index is 11.5. The van der Waals surface area contributed by atoms with Crippen molar-refractivity contribution in [3.05, 3.63) is 30.1 Å². The highest BCUT2D eigenvalue weighted by Crippen LogP contribution is 2.06. The Balaban J connectivity index is 3.00. The van der Waals surface area contributed by atoms with Crippen LogP contribution in [0.4, 0.5) is 0 Å². The minimum atomic E-state index is -1.17. The lowest BCUT2D eigenvalue weighted by atomic mass is 10.2. The number of carboxylic acids is 1. The van der Waals surface area contributed by atoms with Gasteiger partial charge in [0, 0.05) is 13.6 Å². The van der Waals surface area contributed by atoms with Gasteiger partial charge in [0.2, 0.25) is 0 Å². The van der Waals surface area contributed by atoms with Crippen LogP contribution in [-0.4, -0.2) is 33.3 Å². The maximum absolute atomic E-state index is 11.5. The van der Waals surface area contributed by atoms with Crippen molar-refractivity contribution < 1.29 is 14.7 Å². The summed E-state index contributed by atoms with van der Waals surface area (Å²) in [5.74, 6) is -1.65. The summed E-state index contributed by atoms with van der Waals surface area (Å²) in [5, 5.41) is 15.0. The Morgan fingerprint density at radius 2 is 2.40 bits per heavy atom. The Kier molecular flexibility index (Phi) is 3.22. The molecule has 2 N–H and O–H groups in total. The normalized spacial score (nSPS) is 9.67. The number of hydrogen-bond donors (Lipinski definition) is 2. The number of aromatic nitrogens is 2. The second kappa shape index (κ2) is 4.41. The highest BCUT2D eigenvalue weighted by molar-refractivity contribution is 6.03. The van der Waals surface area contributed by atoms with Gasteiger partial charge in [0.15, 0.2) is 0 Å². The van der Waals surface area contributed by atoms with E-state index in [9.17, 15) is 9.59 Å². The van der Waals surface area contributed by atoms with E-state index in [1.54, 1.807) is 0 Å². The molecule has 0 saturated carbocycles. The number of aromatic carboxylic acids is 1. The molecule has 6 heteroatoms. The van der Waals surface area contributed by atoms with Crippen molar-refractivity contribution in [1.82, 2.24) is 15.1 Å². The molecule has 0 bridgehead atoms. The SMILES string of the molecule is C=CCNC(=O)c1c(C(=O)O)cnn1C. The third-order valence-corrected chi connectivity index (χ3v) is 1.79. The molecular formula is C9H11N3O3. The first kappa shape index (κ1) is 11.0. The largest absolute Gasteiger partial charge is 0.478 e. The van der Waals surface area contributed by atoms with E-state index in [-0.39, 0.29) is 17.8 Å². The fourth-order valence-electron chi connectivity index (χ4n) is 1.11. The third-order valence-electron chi connectivity index (χ3n) is 1.79. The van der Waals surface area contributed by atoms with Gasteiger partial charge in [-0.2, -0.15) is 5.10 Å². The molecule has 1 aromatic heterocycles. The standard InChI is InChI=1S/C9H11N3O3/c1-3-4-10-8(13)7-6(9(14)15)5-11-12(7)2/h3,5H,1,4H2,2H3,(H,10,13)(H,14,15). The molecule has 0 spiro atoms. The van der Waals surface area contributed by atoms with Gasteiger partial charge in [0.05, 0.1) is 6.20 Å². The average molecular weight is 209 g/mol. The molecule has 1 heterocycles. The fraction of sp³-hybridized carbons (Fsp3) is 0.222. The van der Waals surface area contributed by atoms with Gasteiger partial charge < -0.3 is 10.4 Å². The van der Waals surface area contributed by atoms with E-state index in [1.165, 1.54) is 17.8 Å². The van der Waals surface area contributed by atoms with Crippen molar-refractivity contribution in [1.29, 1.82) is 0 Å². The van der Waals surface area contributed by atoms with Gasteiger partial charge in [-0.05, 0) is 0 Å². The minimum Gasteiger partial charge on any atom is -0.478 e. The van der Waals surface area contributed by atoms with E-state index in [4.69, 9.17) is 5.11 Å². The van der Waals surface area contributed by atoms with Gasteiger partial charge in [-0.3, -0.25) is 9.48 Å². The quantitative estimate of drug-likeness (QED) is 0.685. The summed E-state index contributed by atoms with van der Waals surface area (Å²) in [6, 6.07) is 0. The molecule has 0 saturated heterocycles. The van der Waals surface area contributed by atoms with Crippen LogP contribution in [-0.2, 0) is 7.05 Å². The zero-order valence-electron chi connectivity index (χ0n) is 8.23. The van der Waals surface area contributed by atoms with Crippen LogP contribution in [0.2, 0.25) is 0 Å². The monoisotopic (exact) mass is 209 g/mol. The Morgan fingerprint density at radius 3 is 2.93 bits per heavy atom. The number of hydrogen-bond acceptors (Lipinski definition) is 3. The van der Waals surface area contributed by atoms with Gasteiger partial charge in [-0.15, -0.1) is 6.58 Å². The van der Waals surface area contributed by atoms with Crippen LogP contribution in [0.5, 0.6) is 0 Å². The number of amides is 1. The Hall–Kier alpha value is -2.11. The van der Waals surface area contributed by atoms with Gasteiger partial charge in [0.25, 0.3) is 5.91 Å². The van der Waals surface area contributed by atoms with Crippen molar-refractivity contribution in [2.75, 3.05) is 6.54 Å². The molecule has 0 aliphatic carbocycles. The molecule has 15 heavy (non-hydrogen) atoms. The van der Waals surface area contributed by atoms with Crippen LogP contribution in [0.15, 0.2) is 18.9 Å². The lowest BCUT2D eigenvalue weighted by Crippen LogP contribution is -2.27. The first-order chi connectivity index (χ1) is 7.07. The van der Waals surface area contributed by atoms with Crippen LogP contribution in [0.3, 0.4) is 0 Å². The highest BCUT2D eigenvalue weighted by Gasteiger charge is 2.20. The Bertz CT molecular complexity index is 409. The number of carbonyl (C=O) groups excluding carboxylic acids is 1. The summed E-state index contributed by atoms with van der Waals surface area (Å²) in [7, 11) is 1.51. The van der Waals surface area contributed by atoms with Crippen LogP contribution < -0.4 is 5.32 Å². The summed E-state index contributed by atoms with van der Waals surface area (Å²) < 4.78 is 1.22. The van der Waals surface area contributed by atoms with E-state index in [1.807, 2.05) is 0 Å². The van der Waals surface area contributed by atoms with Crippen molar-refractivity contribution in [3.63, 3.8) is 0 Å². The number of nitrogens with zero attached hydrogens (tertiary/aromatic N) is 2. The highest BCUT2D eigenvalue weighted by atomic mass is 16.4. The molecule has 0 aliphatic rings. The van der Waals surface area contributed by atoms with E-state index in [0.29, 0.717) is 0 Å². The molecule has 0 fully saturated rings. The van der Waals surface area contributed by atoms with Crippen molar-refractivity contribution in [3.8, 4) is 0 Å².